The highest BCUT2D eigenvalue weighted by atomic mass is 14.9. The van der Waals surface area contributed by atoms with E-state index < -0.39 is 0 Å². The quantitative estimate of drug-likeness (QED) is 0.208. The van der Waals surface area contributed by atoms with Crippen molar-refractivity contribution in [2.45, 2.75) is 168 Å². The first-order valence-electron chi connectivity index (χ1n) is 24.2. The zero-order valence-electron chi connectivity index (χ0n) is 34.9. The fourth-order valence-electron chi connectivity index (χ4n) is 14.4. The van der Waals surface area contributed by atoms with E-state index in [1.807, 2.05) is 5.57 Å². The minimum absolute atomic E-state index is 0.577. The average Bonchev–Trinajstić information content (AvgIpc) is 3.25. The van der Waals surface area contributed by atoms with Crippen LogP contribution in [0.15, 0.2) is 70.9 Å². The molecule has 8 rings (SSSR count). The molecule has 2 nitrogen and oxygen atoms in total. The molecule has 0 heterocycles. The summed E-state index contributed by atoms with van der Waals surface area (Å²) < 4.78 is 0. The highest BCUT2D eigenvalue weighted by Gasteiger charge is 2.42. The maximum atomic E-state index is 6.31. The third kappa shape index (κ3) is 8.61. The molecular weight excluding hydrogens is 653 g/mol. The van der Waals surface area contributed by atoms with Crippen LogP contribution in [0, 0.1) is 71.0 Å². The number of hydrogen-bond acceptors (Lipinski definition) is 2. The first kappa shape index (κ1) is 39.2. The van der Waals surface area contributed by atoms with Crippen molar-refractivity contribution < 1.29 is 0 Å². The predicted molar refractivity (Wildman–Crippen MR) is 231 cm³/mol. The fourth-order valence-corrected chi connectivity index (χ4v) is 14.4. The maximum absolute atomic E-state index is 6.31. The smallest absolute Gasteiger partial charge is 0.0281 e. The van der Waals surface area contributed by atoms with Gasteiger partial charge in [0, 0.05) is 18.5 Å². The van der Waals surface area contributed by atoms with E-state index >= 15 is 0 Å². The molecule has 0 aliphatic heterocycles. The Balaban J connectivity index is 0.985. The van der Waals surface area contributed by atoms with Crippen molar-refractivity contribution >= 4 is 0 Å². The van der Waals surface area contributed by atoms with E-state index in [9.17, 15) is 0 Å². The molecule has 8 aliphatic carbocycles. The minimum Gasteiger partial charge on any atom is -0.330 e. The van der Waals surface area contributed by atoms with Crippen molar-refractivity contribution in [3.63, 3.8) is 0 Å². The van der Waals surface area contributed by atoms with Crippen molar-refractivity contribution in [1.82, 2.24) is 5.32 Å². The van der Waals surface area contributed by atoms with Gasteiger partial charge in [-0.15, -0.1) is 0 Å². The molecule has 54 heavy (non-hydrogen) atoms. The van der Waals surface area contributed by atoms with Gasteiger partial charge in [0.2, 0.25) is 0 Å². The van der Waals surface area contributed by atoms with Crippen molar-refractivity contribution in [1.29, 1.82) is 0 Å². The van der Waals surface area contributed by atoms with Gasteiger partial charge in [-0.2, -0.15) is 0 Å². The topological polar surface area (TPSA) is 38.0 Å². The largest absolute Gasteiger partial charge is 0.330 e. The first-order valence-corrected chi connectivity index (χ1v) is 24.2. The zero-order chi connectivity index (χ0) is 36.9. The molecule has 0 saturated heterocycles. The Bertz CT molecular complexity index is 1410. The highest BCUT2D eigenvalue weighted by molar-refractivity contribution is 5.35. The molecule has 10 atom stereocenters. The zero-order valence-corrected chi connectivity index (χ0v) is 34.9. The van der Waals surface area contributed by atoms with Crippen molar-refractivity contribution in [3.8, 4) is 0 Å². The summed E-state index contributed by atoms with van der Waals surface area (Å²) in [5.41, 5.74) is 13.4. The molecule has 0 spiro atoms. The molecule has 0 aromatic carbocycles. The summed E-state index contributed by atoms with van der Waals surface area (Å²) in [5, 5.41) is 4.32. The van der Waals surface area contributed by atoms with Gasteiger partial charge in [-0.1, -0.05) is 117 Å². The lowest BCUT2D eigenvalue weighted by Crippen LogP contribution is -2.45. The van der Waals surface area contributed by atoms with Gasteiger partial charge in [0.05, 0.1) is 0 Å². The number of nitrogens with one attached hydrogen (secondary N) is 1. The lowest BCUT2D eigenvalue weighted by Gasteiger charge is -2.46. The van der Waals surface area contributed by atoms with E-state index in [0.717, 1.165) is 53.9 Å². The Morgan fingerprint density at radius 3 is 2.30 bits per heavy atom. The third-order valence-corrected chi connectivity index (χ3v) is 17.6. The Labute approximate surface area is 332 Å². The maximum Gasteiger partial charge on any atom is 0.0281 e. The summed E-state index contributed by atoms with van der Waals surface area (Å²) in [6.45, 7) is 6.92. The van der Waals surface area contributed by atoms with Crippen molar-refractivity contribution in [2.75, 3.05) is 13.1 Å². The van der Waals surface area contributed by atoms with Gasteiger partial charge in [-0.25, -0.2) is 0 Å². The Kier molecular flexibility index (Phi) is 13.6. The molecule has 0 aromatic heterocycles. The summed E-state index contributed by atoms with van der Waals surface area (Å²) >= 11 is 0. The monoisotopic (exact) mass is 733 g/mol. The number of allylic oxidation sites excluding steroid dienone is 9. The molecular formula is C52H80N2. The van der Waals surface area contributed by atoms with Crippen LogP contribution in [-0.4, -0.2) is 19.1 Å². The van der Waals surface area contributed by atoms with E-state index in [-0.39, 0.29) is 0 Å². The van der Waals surface area contributed by atoms with Gasteiger partial charge in [0.1, 0.15) is 0 Å². The van der Waals surface area contributed by atoms with Crippen LogP contribution >= 0.6 is 0 Å². The summed E-state index contributed by atoms with van der Waals surface area (Å²) in [6, 6.07) is 0.585. The van der Waals surface area contributed by atoms with Gasteiger partial charge < -0.3 is 11.1 Å². The number of fused-ring (bicyclic) bond motifs is 2. The summed E-state index contributed by atoms with van der Waals surface area (Å²) in [4.78, 5) is 0. The molecule has 8 aliphatic rings. The third-order valence-electron chi connectivity index (χ3n) is 17.6. The van der Waals surface area contributed by atoms with Crippen LogP contribution in [0.25, 0.3) is 0 Å². The van der Waals surface area contributed by atoms with E-state index in [1.54, 1.807) is 16.7 Å². The highest BCUT2D eigenvalue weighted by Crippen LogP contribution is 2.52. The van der Waals surface area contributed by atoms with E-state index in [1.165, 1.54) is 154 Å². The van der Waals surface area contributed by atoms with Crippen LogP contribution in [-0.2, 0) is 0 Å². The average molecular weight is 733 g/mol. The molecule has 3 N–H and O–H groups in total. The van der Waals surface area contributed by atoms with Crippen LogP contribution in [0.5, 0.6) is 0 Å². The standard InChI is InChI=1S/C52H80N2/c1-3-37(34-53)45-32-33-46(50-22-12-11-21-49(45)50)42-28-24-38(25-29-42)36(2)44-18-9-10-20-48(44)51(35-54-52-23-13-17-41-16-7-8-19-47(41)52)43-30-26-40(27-31-43)39-14-5-4-6-15-39/h9,11,13,18,21,23,30,32,37-42,46-52,54H,3-8,10,12,14-17,19-20,22,24-29,31,33-35,53H2,1-2H3/b44-36+. The molecule has 0 bridgehead atoms. The second-order valence-electron chi connectivity index (χ2n) is 20.1. The van der Waals surface area contributed by atoms with Crippen LogP contribution in [0.3, 0.4) is 0 Å². The number of nitrogens with two attached hydrogens (primary N) is 1. The Morgan fingerprint density at radius 2 is 1.50 bits per heavy atom. The van der Waals surface area contributed by atoms with Gasteiger partial charge in [-0.05, 0) is 187 Å². The summed E-state index contributed by atoms with van der Waals surface area (Å²) in [5.74, 6) is 9.69. The normalized spacial score (nSPS) is 39.5. The molecule has 0 amide bonds. The Morgan fingerprint density at radius 1 is 0.704 bits per heavy atom. The van der Waals surface area contributed by atoms with Gasteiger partial charge >= 0.3 is 0 Å². The number of hydrogen-bond donors (Lipinski definition) is 2. The van der Waals surface area contributed by atoms with Crippen LogP contribution in [0.1, 0.15) is 162 Å². The Hall–Kier alpha value is -1.64. The lowest BCUT2D eigenvalue weighted by molar-refractivity contribution is 0.121. The van der Waals surface area contributed by atoms with E-state index in [0.29, 0.717) is 29.7 Å². The van der Waals surface area contributed by atoms with Crippen LogP contribution in [0.4, 0.5) is 0 Å². The summed E-state index contributed by atoms with van der Waals surface area (Å²) in [6.07, 6.45) is 53.1. The molecule has 2 heteroatoms. The molecule has 3 fully saturated rings. The number of rotatable bonds is 11. The van der Waals surface area contributed by atoms with E-state index in [4.69, 9.17) is 5.73 Å². The van der Waals surface area contributed by atoms with Crippen LogP contribution in [0.2, 0.25) is 0 Å². The second-order valence-corrected chi connectivity index (χ2v) is 20.1. The first-order chi connectivity index (χ1) is 26.6. The lowest BCUT2D eigenvalue weighted by atomic mass is 9.59. The predicted octanol–water partition coefficient (Wildman–Crippen LogP) is 13.2. The molecule has 0 radical (unpaired) electrons. The van der Waals surface area contributed by atoms with Crippen molar-refractivity contribution in [2.24, 2.45) is 76.7 Å². The van der Waals surface area contributed by atoms with Crippen LogP contribution < -0.4 is 11.1 Å². The summed E-state index contributed by atoms with van der Waals surface area (Å²) in [7, 11) is 0. The van der Waals surface area contributed by atoms with Gasteiger partial charge in [0.25, 0.3) is 0 Å². The second kappa shape index (κ2) is 18.7. The van der Waals surface area contributed by atoms with Gasteiger partial charge in [0.15, 0.2) is 0 Å². The van der Waals surface area contributed by atoms with Crippen molar-refractivity contribution in [3.05, 3.63) is 70.9 Å². The molecule has 298 valence electrons. The fraction of sp³-hybridized carbons (Fsp3) is 0.769. The molecule has 0 aromatic rings. The molecule has 10 unspecified atom stereocenters. The van der Waals surface area contributed by atoms with E-state index in [2.05, 4.69) is 67.8 Å². The van der Waals surface area contributed by atoms with Gasteiger partial charge in [-0.3, -0.25) is 0 Å². The molecule has 3 saturated carbocycles. The minimum atomic E-state index is 0.577. The SMILES string of the molecule is CCC(CN)C1=CCC(C2CCC(/C(C)=C3\C=CCCC3C(CNC3C=CCC4CCCCC43)C3=CCC(C4CCCCC4)CC3)CC2)C2CCC=CC12.